The highest BCUT2D eigenvalue weighted by Crippen LogP contribution is 2.69. The van der Waals surface area contributed by atoms with Gasteiger partial charge in [0, 0.05) is 30.3 Å². The Kier molecular flexibility index (Phi) is 7.19. The van der Waals surface area contributed by atoms with E-state index in [-0.39, 0.29) is 29.4 Å². The average Bonchev–Trinajstić information content (AvgIpc) is 3.19. The third-order valence-electron chi connectivity index (χ3n) is 9.63. The molecule has 1 N–H and O–H groups in total. The second kappa shape index (κ2) is 9.58. The zero-order valence-electron chi connectivity index (χ0n) is 22.4. The zero-order valence-corrected chi connectivity index (χ0v) is 22.4. The Bertz CT molecular complexity index is 936. The molecule has 0 aromatic rings. The summed E-state index contributed by atoms with van der Waals surface area (Å²) in [7, 11) is 0. The fourth-order valence-corrected chi connectivity index (χ4v) is 8.13. The Morgan fingerprint density at radius 1 is 1.17 bits per heavy atom. The minimum Gasteiger partial charge on any atom is -0.462 e. The number of rotatable bonds is 7. The first-order valence-corrected chi connectivity index (χ1v) is 13.7. The van der Waals surface area contributed by atoms with Gasteiger partial charge in [0.1, 0.15) is 12.7 Å². The predicted molar refractivity (Wildman–Crippen MR) is 135 cm³/mol. The van der Waals surface area contributed by atoms with E-state index in [1.807, 2.05) is 0 Å². The van der Waals surface area contributed by atoms with Crippen LogP contribution in [0.15, 0.2) is 11.6 Å². The molecule has 2 saturated carbocycles. The van der Waals surface area contributed by atoms with Crippen molar-refractivity contribution >= 4 is 11.9 Å². The van der Waals surface area contributed by atoms with E-state index in [9.17, 15) is 14.7 Å². The Morgan fingerprint density at radius 2 is 1.94 bits per heavy atom. The maximum absolute atomic E-state index is 13.1. The minimum atomic E-state index is -1.06. The first kappa shape index (κ1) is 26.3. The fraction of sp³-hybridized carbons (Fsp3) is 0.800. The van der Waals surface area contributed by atoms with E-state index in [0.717, 1.165) is 44.1 Å². The van der Waals surface area contributed by atoms with Crippen LogP contribution in [0.5, 0.6) is 0 Å². The maximum Gasteiger partial charge on any atom is 0.331 e. The number of cyclic esters (lactones) is 1. The molecule has 0 radical (unpaired) electrons. The first-order valence-electron chi connectivity index (χ1n) is 13.7. The number of carbonyl (C=O) groups is 2. The molecular weight excluding hydrogens is 440 g/mol. The van der Waals surface area contributed by atoms with Gasteiger partial charge in [0.25, 0.3) is 0 Å². The molecule has 5 atom stereocenters. The summed E-state index contributed by atoms with van der Waals surface area (Å²) in [5.41, 5.74) is -1.30. The molecule has 5 unspecified atom stereocenters. The smallest absolute Gasteiger partial charge is 0.331 e. The van der Waals surface area contributed by atoms with Crippen LogP contribution in [0.1, 0.15) is 105 Å². The standard InChI is InChI=1S/C30H44O5/c1-21(2)10-8-15-29-16-9-13-27(3,4)26(29)23-19-28(5,14-7-6-11-24(31)35-23)30(29,33)17-12-22-18-25(32)34-20-22/h18,21,23,26,33H,6,8-13,15-17,19-20H2,1-5H3. The van der Waals surface area contributed by atoms with Crippen molar-refractivity contribution < 1.29 is 24.2 Å². The number of esters is 2. The molecule has 2 aliphatic carbocycles. The molecule has 5 heteroatoms. The van der Waals surface area contributed by atoms with E-state index >= 15 is 0 Å². The number of ether oxygens (including phenoxy) is 2. The quantitative estimate of drug-likeness (QED) is 0.369. The molecule has 2 fully saturated rings. The summed E-state index contributed by atoms with van der Waals surface area (Å²) < 4.78 is 11.4. The van der Waals surface area contributed by atoms with Gasteiger partial charge in [0.05, 0.1) is 17.4 Å². The van der Waals surface area contributed by atoms with E-state index in [2.05, 4.69) is 46.5 Å². The van der Waals surface area contributed by atoms with Crippen LogP contribution < -0.4 is 0 Å². The molecular formula is C30H44O5. The van der Waals surface area contributed by atoms with Crippen LogP contribution >= 0.6 is 0 Å². The minimum absolute atomic E-state index is 0.0632. The van der Waals surface area contributed by atoms with Crippen LogP contribution in [0, 0.1) is 39.9 Å². The second-order valence-electron chi connectivity index (χ2n) is 12.9. The molecule has 2 bridgehead atoms. The number of hydrogen-bond donors (Lipinski definition) is 1. The number of fused-ring (bicyclic) bond motifs is 4. The van der Waals surface area contributed by atoms with Crippen molar-refractivity contribution in [3.05, 3.63) is 11.6 Å². The van der Waals surface area contributed by atoms with Gasteiger partial charge in [-0.25, -0.2) is 4.79 Å². The molecule has 4 aliphatic rings. The van der Waals surface area contributed by atoms with E-state index < -0.39 is 16.4 Å². The first-order chi connectivity index (χ1) is 16.4. The fourth-order valence-electron chi connectivity index (χ4n) is 8.13. The summed E-state index contributed by atoms with van der Waals surface area (Å²) in [4.78, 5) is 24.5. The molecule has 0 spiro atoms. The Labute approximate surface area is 211 Å². The highest BCUT2D eigenvalue weighted by Gasteiger charge is 2.71. The van der Waals surface area contributed by atoms with Crippen molar-refractivity contribution in [2.24, 2.45) is 28.1 Å². The van der Waals surface area contributed by atoms with Gasteiger partial charge in [-0.3, -0.25) is 4.79 Å². The van der Waals surface area contributed by atoms with Crippen molar-refractivity contribution in [1.29, 1.82) is 0 Å². The predicted octanol–water partition coefficient (Wildman–Crippen LogP) is 5.74. The largest absolute Gasteiger partial charge is 0.462 e. The van der Waals surface area contributed by atoms with Gasteiger partial charge in [-0.15, -0.1) is 5.92 Å². The van der Waals surface area contributed by atoms with E-state index in [1.165, 1.54) is 0 Å². The molecule has 4 rings (SSSR count). The topological polar surface area (TPSA) is 72.8 Å². The maximum atomic E-state index is 13.1. The van der Waals surface area contributed by atoms with E-state index in [4.69, 9.17) is 9.47 Å². The van der Waals surface area contributed by atoms with Gasteiger partial charge in [0.2, 0.25) is 0 Å². The van der Waals surface area contributed by atoms with Crippen molar-refractivity contribution in [3.8, 4) is 11.8 Å². The lowest BCUT2D eigenvalue weighted by atomic mass is 9.38. The molecule has 194 valence electrons. The van der Waals surface area contributed by atoms with Crippen LogP contribution in [-0.4, -0.2) is 35.4 Å². The second-order valence-corrected chi connectivity index (χ2v) is 12.9. The highest BCUT2D eigenvalue weighted by atomic mass is 16.5. The SMILES string of the molecule is CC(C)CCCC12CCCC(C)(C)C1C1CC(C)(C#CCCC(=O)O1)C2(O)CCC1=CC(=O)OC1. The zero-order chi connectivity index (χ0) is 25.5. The van der Waals surface area contributed by atoms with Gasteiger partial charge in [-0.1, -0.05) is 52.9 Å². The van der Waals surface area contributed by atoms with Crippen LogP contribution in [0.25, 0.3) is 0 Å². The number of hydrogen-bond acceptors (Lipinski definition) is 5. The Balaban J connectivity index is 1.84. The van der Waals surface area contributed by atoms with Crippen molar-refractivity contribution in [3.63, 3.8) is 0 Å². The van der Waals surface area contributed by atoms with Crippen LogP contribution in [-0.2, 0) is 19.1 Å². The Morgan fingerprint density at radius 3 is 2.63 bits per heavy atom. The lowest BCUT2D eigenvalue weighted by Crippen LogP contribution is -2.71. The molecule has 0 aromatic carbocycles. The van der Waals surface area contributed by atoms with Crippen molar-refractivity contribution in [2.45, 2.75) is 117 Å². The highest BCUT2D eigenvalue weighted by molar-refractivity contribution is 5.85. The van der Waals surface area contributed by atoms with Gasteiger partial charge < -0.3 is 14.6 Å². The normalized spacial score (nSPS) is 38.2. The third-order valence-corrected chi connectivity index (χ3v) is 9.63. The average molecular weight is 485 g/mol. The summed E-state index contributed by atoms with van der Waals surface area (Å²) in [6.45, 7) is 11.5. The van der Waals surface area contributed by atoms with Crippen LogP contribution in [0.3, 0.4) is 0 Å². The van der Waals surface area contributed by atoms with E-state index in [1.54, 1.807) is 6.08 Å². The lowest BCUT2D eigenvalue weighted by molar-refractivity contribution is -0.276. The summed E-state index contributed by atoms with van der Waals surface area (Å²) in [6.07, 6.45) is 9.85. The molecule has 2 aliphatic heterocycles. The molecule has 0 aromatic heterocycles. The van der Waals surface area contributed by atoms with Crippen molar-refractivity contribution in [1.82, 2.24) is 0 Å². The summed E-state index contributed by atoms with van der Waals surface area (Å²) in [5, 5.41) is 13.1. The molecule has 0 amide bonds. The summed E-state index contributed by atoms with van der Waals surface area (Å²) in [5.74, 6) is 6.94. The van der Waals surface area contributed by atoms with Gasteiger partial charge in [-0.05, 0) is 55.9 Å². The number of aliphatic hydroxyl groups is 1. The lowest BCUT2D eigenvalue weighted by Gasteiger charge is -2.68. The molecule has 0 saturated heterocycles. The molecule has 35 heavy (non-hydrogen) atoms. The monoisotopic (exact) mass is 484 g/mol. The van der Waals surface area contributed by atoms with Gasteiger partial charge >= 0.3 is 11.9 Å². The number of carbonyl (C=O) groups excluding carboxylic acids is 2. The summed E-state index contributed by atoms with van der Waals surface area (Å²) in [6, 6.07) is 0. The van der Waals surface area contributed by atoms with Crippen LogP contribution in [0.2, 0.25) is 0 Å². The van der Waals surface area contributed by atoms with Gasteiger partial charge in [0.15, 0.2) is 0 Å². The van der Waals surface area contributed by atoms with Gasteiger partial charge in [-0.2, -0.15) is 0 Å². The van der Waals surface area contributed by atoms with Crippen LogP contribution in [0.4, 0.5) is 0 Å². The third kappa shape index (κ3) is 4.68. The summed E-state index contributed by atoms with van der Waals surface area (Å²) >= 11 is 0. The van der Waals surface area contributed by atoms with Crippen molar-refractivity contribution in [2.75, 3.05) is 6.61 Å². The Hall–Kier alpha value is -1.80. The molecule has 2 heterocycles. The molecule has 5 nitrogen and oxygen atoms in total. The van der Waals surface area contributed by atoms with E-state index in [0.29, 0.717) is 44.6 Å².